The molecule has 2 atom stereocenters. The van der Waals surface area contributed by atoms with Crippen LogP contribution >= 0.6 is 0 Å². The molecule has 1 aromatic heterocycles. The average Bonchev–Trinajstić information content (AvgIpc) is 3.06. The number of aliphatic hydroxyl groups is 1. The molecule has 29 heavy (non-hydrogen) atoms. The molecular formula is C23H25NO5. The average molecular weight is 395 g/mol. The van der Waals surface area contributed by atoms with Gasteiger partial charge in [0.25, 0.3) is 5.91 Å². The lowest BCUT2D eigenvalue weighted by Crippen LogP contribution is -2.32. The van der Waals surface area contributed by atoms with Crippen molar-refractivity contribution in [3.8, 4) is 11.5 Å². The first-order valence-corrected chi connectivity index (χ1v) is 9.82. The van der Waals surface area contributed by atoms with E-state index in [2.05, 4.69) is 0 Å². The van der Waals surface area contributed by atoms with Crippen LogP contribution in [0.2, 0.25) is 0 Å². The Balaban J connectivity index is 1.45. The lowest BCUT2D eigenvalue weighted by atomic mass is 10.1. The highest BCUT2D eigenvalue weighted by atomic mass is 16.5. The number of hydrogen-bond acceptors (Lipinski definition) is 5. The maximum atomic E-state index is 13.0. The van der Waals surface area contributed by atoms with Gasteiger partial charge in [-0.15, -0.1) is 0 Å². The maximum Gasteiger partial charge on any atom is 0.289 e. The van der Waals surface area contributed by atoms with E-state index in [1.165, 1.54) is 0 Å². The van der Waals surface area contributed by atoms with Gasteiger partial charge in [-0.1, -0.05) is 17.7 Å². The molecular weight excluding hydrogens is 370 g/mol. The van der Waals surface area contributed by atoms with Gasteiger partial charge >= 0.3 is 0 Å². The Kier molecular flexibility index (Phi) is 5.45. The number of carbonyl (C=O) groups excluding carboxylic acids is 1. The molecule has 152 valence electrons. The number of benzene rings is 2. The number of furan rings is 1. The summed E-state index contributed by atoms with van der Waals surface area (Å²) in [6, 6.07) is 14.9. The van der Waals surface area contributed by atoms with Gasteiger partial charge in [-0.25, -0.2) is 0 Å². The third-order valence-electron chi connectivity index (χ3n) is 5.31. The van der Waals surface area contributed by atoms with Crippen LogP contribution in [-0.4, -0.2) is 48.3 Å². The number of methoxy groups -OCH3 is 1. The molecule has 0 aliphatic carbocycles. The Bertz CT molecular complexity index is 1010. The minimum Gasteiger partial charge on any atom is -0.497 e. The number of ether oxygens (including phenoxy) is 2. The number of nitrogens with zero attached hydrogens (tertiary/aromatic N) is 1. The first-order chi connectivity index (χ1) is 14.0. The second-order valence-corrected chi connectivity index (χ2v) is 7.42. The lowest BCUT2D eigenvalue weighted by Gasteiger charge is -2.22. The molecule has 1 N–H and O–H groups in total. The first-order valence-electron chi connectivity index (χ1n) is 9.82. The van der Waals surface area contributed by atoms with Crippen molar-refractivity contribution in [1.29, 1.82) is 0 Å². The van der Waals surface area contributed by atoms with Crippen LogP contribution < -0.4 is 9.47 Å². The third-order valence-corrected chi connectivity index (χ3v) is 5.31. The Hall–Kier alpha value is -2.99. The second kappa shape index (κ2) is 8.17. The Morgan fingerprint density at radius 1 is 1.10 bits per heavy atom. The van der Waals surface area contributed by atoms with Crippen LogP contribution in [-0.2, 0) is 0 Å². The van der Waals surface area contributed by atoms with E-state index in [-0.39, 0.29) is 5.91 Å². The maximum absolute atomic E-state index is 13.0. The van der Waals surface area contributed by atoms with Gasteiger partial charge in [0, 0.05) is 31.0 Å². The highest BCUT2D eigenvalue weighted by molar-refractivity contribution is 5.96. The van der Waals surface area contributed by atoms with Gasteiger partial charge in [-0.05, 0) is 43.7 Å². The van der Waals surface area contributed by atoms with E-state index in [4.69, 9.17) is 13.9 Å². The van der Waals surface area contributed by atoms with E-state index in [1.54, 1.807) is 24.1 Å². The number of aryl methyl sites for hydroxylation is 1. The van der Waals surface area contributed by atoms with Gasteiger partial charge in [0.05, 0.1) is 13.2 Å². The molecule has 0 spiro atoms. The summed E-state index contributed by atoms with van der Waals surface area (Å²) in [4.78, 5) is 14.7. The van der Waals surface area contributed by atoms with Gasteiger partial charge in [-0.2, -0.15) is 0 Å². The van der Waals surface area contributed by atoms with Gasteiger partial charge < -0.3 is 23.9 Å². The second-order valence-electron chi connectivity index (χ2n) is 7.42. The number of likely N-dealkylation sites (tertiary alicyclic amines) is 1. The molecule has 2 aromatic carbocycles. The minimum atomic E-state index is -0.655. The number of fused-ring (bicyclic) bond motifs is 1. The number of amides is 1. The van der Waals surface area contributed by atoms with Crippen molar-refractivity contribution in [3.63, 3.8) is 0 Å². The molecule has 1 saturated heterocycles. The Morgan fingerprint density at radius 2 is 1.90 bits per heavy atom. The highest BCUT2D eigenvalue weighted by Gasteiger charge is 2.30. The number of carbonyl (C=O) groups is 1. The summed E-state index contributed by atoms with van der Waals surface area (Å²) >= 11 is 0. The SMILES string of the molecule is COc1cccc(O[C@H]2CCN(C(=O)c3cc4cc(C)ccc4o3)CC[C@@H]2O)c1. The fourth-order valence-corrected chi connectivity index (χ4v) is 3.68. The van der Waals surface area contributed by atoms with Crippen molar-refractivity contribution in [2.24, 2.45) is 0 Å². The monoisotopic (exact) mass is 395 g/mol. The van der Waals surface area contributed by atoms with Crippen LogP contribution in [0.1, 0.15) is 29.0 Å². The summed E-state index contributed by atoms with van der Waals surface area (Å²) < 4.78 is 17.0. The normalized spacial score (nSPS) is 19.8. The van der Waals surface area contributed by atoms with E-state index in [0.717, 1.165) is 10.9 Å². The lowest BCUT2D eigenvalue weighted by molar-refractivity contribution is 0.0349. The predicted molar refractivity (Wildman–Crippen MR) is 110 cm³/mol. The van der Waals surface area contributed by atoms with Gasteiger partial charge in [0.2, 0.25) is 0 Å². The quantitative estimate of drug-likeness (QED) is 0.728. The van der Waals surface area contributed by atoms with Crippen LogP contribution in [0, 0.1) is 6.92 Å². The van der Waals surface area contributed by atoms with Crippen molar-refractivity contribution in [2.45, 2.75) is 32.0 Å². The summed E-state index contributed by atoms with van der Waals surface area (Å²) in [5.41, 5.74) is 1.82. The Morgan fingerprint density at radius 3 is 2.72 bits per heavy atom. The zero-order valence-corrected chi connectivity index (χ0v) is 16.6. The van der Waals surface area contributed by atoms with Crippen LogP contribution in [0.15, 0.2) is 52.9 Å². The van der Waals surface area contributed by atoms with Gasteiger partial charge in [0.1, 0.15) is 23.2 Å². The van der Waals surface area contributed by atoms with Crippen LogP contribution in [0.3, 0.4) is 0 Å². The molecule has 6 nitrogen and oxygen atoms in total. The van der Waals surface area contributed by atoms with E-state index in [1.807, 2.05) is 43.3 Å². The van der Waals surface area contributed by atoms with Crippen molar-refractivity contribution < 1.29 is 23.8 Å². The van der Waals surface area contributed by atoms with E-state index in [0.29, 0.717) is 48.8 Å². The van der Waals surface area contributed by atoms with E-state index in [9.17, 15) is 9.90 Å². The topological polar surface area (TPSA) is 72.1 Å². The molecule has 0 bridgehead atoms. The van der Waals surface area contributed by atoms with Crippen LogP contribution in [0.5, 0.6) is 11.5 Å². The third kappa shape index (κ3) is 4.22. The van der Waals surface area contributed by atoms with Gasteiger partial charge in [-0.3, -0.25) is 4.79 Å². The molecule has 6 heteroatoms. The fraction of sp³-hybridized carbons (Fsp3) is 0.348. The summed E-state index contributed by atoms with van der Waals surface area (Å²) in [6.45, 7) is 2.95. The summed E-state index contributed by atoms with van der Waals surface area (Å²) in [5.74, 6) is 1.50. The molecule has 0 unspecified atom stereocenters. The summed E-state index contributed by atoms with van der Waals surface area (Å²) in [7, 11) is 1.60. The number of hydrogen-bond donors (Lipinski definition) is 1. The Labute approximate surface area is 169 Å². The molecule has 4 rings (SSSR count). The molecule has 1 aliphatic heterocycles. The van der Waals surface area contributed by atoms with Gasteiger partial charge in [0.15, 0.2) is 5.76 Å². The molecule has 1 fully saturated rings. The zero-order chi connectivity index (χ0) is 20.4. The van der Waals surface area contributed by atoms with Crippen molar-refractivity contribution >= 4 is 16.9 Å². The predicted octanol–water partition coefficient (Wildman–Crippen LogP) is 3.79. The number of aliphatic hydroxyl groups excluding tert-OH is 1. The highest BCUT2D eigenvalue weighted by Crippen LogP contribution is 2.26. The molecule has 1 aliphatic rings. The zero-order valence-electron chi connectivity index (χ0n) is 16.6. The minimum absolute atomic E-state index is 0.159. The van der Waals surface area contributed by atoms with Crippen LogP contribution in [0.4, 0.5) is 0 Å². The summed E-state index contributed by atoms with van der Waals surface area (Å²) in [6.07, 6.45) is -0.0704. The molecule has 0 radical (unpaired) electrons. The van der Waals surface area contributed by atoms with E-state index < -0.39 is 12.2 Å². The molecule has 1 amide bonds. The first kappa shape index (κ1) is 19.3. The summed E-state index contributed by atoms with van der Waals surface area (Å²) in [5, 5.41) is 11.5. The molecule has 3 aromatic rings. The standard InChI is InChI=1S/C23H25NO5/c1-15-6-7-20-16(12-15)13-22(29-20)23(26)24-10-8-19(25)21(9-11-24)28-18-5-3-4-17(14-18)27-2/h3-7,12-14,19,21,25H,8-11H2,1-2H3/t19-,21-/m0/s1. The van der Waals surface area contributed by atoms with E-state index >= 15 is 0 Å². The van der Waals surface area contributed by atoms with Crippen molar-refractivity contribution in [3.05, 3.63) is 59.9 Å². The fourth-order valence-electron chi connectivity index (χ4n) is 3.68. The van der Waals surface area contributed by atoms with Crippen molar-refractivity contribution in [1.82, 2.24) is 4.90 Å². The number of rotatable bonds is 4. The van der Waals surface area contributed by atoms with Crippen molar-refractivity contribution in [2.75, 3.05) is 20.2 Å². The van der Waals surface area contributed by atoms with Crippen LogP contribution in [0.25, 0.3) is 11.0 Å². The molecule has 2 heterocycles. The largest absolute Gasteiger partial charge is 0.497 e. The molecule has 0 saturated carbocycles. The smallest absolute Gasteiger partial charge is 0.289 e.